The Kier molecular flexibility index (Phi) is 3.42. The van der Waals surface area contributed by atoms with E-state index in [1.54, 1.807) is 13.0 Å². The van der Waals surface area contributed by atoms with Crippen molar-refractivity contribution < 1.29 is 14.9 Å². The molecule has 0 aliphatic heterocycles. The molecule has 94 valence electrons. The Morgan fingerprint density at radius 1 is 1.06 bits per heavy atom. The number of aryl methyl sites for hydroxylation is 1. The van der Waals surface area contributed by atoms with E-state index in [1.807, 2.05) is 37.3 Å². The summed E-state index contributed by atoms with van der Waals surface area (Å²) in [6, 6.07) is 11.2. The summed E-state index contributed by atoms with van der Waals surface area (Å²) in [6.07, 6.45) is 0. The molecule has 0 heterocycles. The maximum atomic E-state index is 9.95. The van der Waals surface area contributed by atoms with Crippen LogP contribution in [-0.4, -0.2) is 10.2 Å². The first-order valence-electron chi connectivity index (χ1n) is 5.78. The summed E-state index contributed by atoms with van der Waals surface area (Å²) >= 11 is 0. The maximum absolute atomic E-state index is 9.95. The molecule has 3 nitrogen and oxygen atoms in total. The lowest BCUT2D eigenvalue weighted by molar-refractivity contribution is 0.272. The Morgan fingerprint density at radius 3 is 2.39 bits per heavy atom. The number of hydrogen-bond donors (Lipinski definition) is 2. The Balaban J connectivity index is 2.22. The van der Waals surface area contributed by atoms with Gasteiger partial charge in [0.1, 0.15) is 6.61 Å². The van der Waals surface area contributed by atoms with Crippen molar-refractivity contribution in [3.8, 4) is 17.2 Å². The zero-order valence-electron chi connectivity index (χ0n) is 10.5. The maximum Gasteiger partial charge on any atom is 0.203 e. The van der Waals surface area contributed by atoms with Gasteiger partial charge in [0.25, 0.3) is 0 Å². The predicted molar refractivity (Wildman–Crippen MR) is 70.0 cm³/mol. The first kappa shape index (κ1) is 12.3. The number of aromatic hydroxyl groups is 2. The van der Waals surface area contributed by atoms with Crippen molar-refractivity contribution in [1.29, 1.82) is 0 Å². The van der Waals surface area contributed by atoms with Crippen molar-refractivity contribution in [2.45, 2.75) is 20.5 Å². The molecule has 0 aromatic heterocycles. The number of hydrogen-bond acceptors (Lipinski definition) is 3. The van der Waals surface area contributed by atoms with Gasteiger partial charge in [0, 0.05) is 0 Å². The van der Waals surface area contributed by atoms with Crippen molar-refractivity contribution in [3.63, 3.8) is 0 Å². The van der Waals surface area contributed by atoms with Crippen LogP contribution in [0.15, 0.2) is 36.4 Å². The van der Waals surface area contributed by atoms with Gasteiger partial charge in [-0.05, 0) is 36.6 Å². The van der Waals surface area contributed by atoms with Gasteiger partial charge in [-0.2, -0.15) is 0 Å². The molecular weight excluding hydrogens is 228 g/mol. The number of benzene rings is 2. The van der Waals surface area contributed by atoms with E-state index in [2.05, 4.69) is 0 Å². The lowest BCUT2D eigenvalue weighted by Gasteiger charge is -2.13. The molecule has 2 N–H and O–H groups in total. The summed E-state index contributed by atoms with van der Waals surface area (Å²) in [5.74, 6) is 0.108. The molecular formula is C15H16O3. The lowest BCUT2D eigenvalue weighted by Crippen LogP contribution is -1.97. The molecule has 0 unspecified atom stereocenters. The van der Waals surface area contributed by atoms with E-state index in [1.165, 1.54) is 0 Å². The number of rotatable bonds is 3. The van der Waals surface area contributed by atoms with Gasteiger partial charge < -0.3 is 14.9 Å². The Labute approximate surface area is 106 Å². The molecule has 2 aromatic rings. The van der Waals surface area contributed by atoms with E-state index in [9.17, 15) is 10.2 Å². The second-order valence-corrected chi connectivity index (χ2v) is 4.29. The molecule has 0 aliphatic carbocycles. The molecule has 0 fully saturated rings. The summed E-state index contributed by atoms with van der Waals surface area (Å²) in [7, 11) is 0. The van der Waals surface area contributed by atoms with E-state index in [4.69, 9.17) is 4.74 Å². The van der Waals surface area contributed by atoms with Crippen LogP contribution in [0.1, 0.15) is 16.7 Å². The summed E-state index contributed by atoms with van der Waals surface area (Å²) < 4.78 is 5.49. The molecule has 0 spiro atoms. The zero-order valence-corrected chi connectivity index (χ0v) is 10.5. The third-order valence-electron chi connectivity index (χ3n) is 2.97. The third kappa shape index (κ3) is 2.40. The first-order chi connectivity index (χ1) is 8.59. The van der Waals surface area contributed by atoms with Crippen LogP contribution in [-0.2, 0) is 6.61 Å². The minimum Gasteiger partial charge on any atom is -0.504 e. The average Bonchev–Trinajstić information content (AvgIpc) is 2.37. The molecule has 0 atom stereocenters. The highest BCUT2D eigenvalue weighted by atomic mass is 16.5. The SMILES string of the molecule is Cc1cc(O)c(OCc2ccccc2)c(O)c1C. The molecule has 0 bridgehead atoms. The van der Waals surface area contributed by atoms with Gasteiger partial charge in [-0.25, -0.2) is 0 Å². The van der Waals surface area contributed by atoms with E-state index >= 15 is 0 Å². The Bertz CT molecular complexity index is 547. The first-order valence-corrected chi connectivity index (χ1v) is 5.78. The van der Waals surface area contributed by atoms with Crippen molar-refractivity contribution in [2.24, 2.45) is 0 Å². The van der Waals surface area contributed by atoms with Gasteiger partial charge in [0.2, 0.25) is 5.75 Å². The minimum absolute atomic E-state index is 0.00318. The van der Waals surface area contributed by atoms with E-state index < -0.39 is 0 Å². The molecule has 3 heteroatoms. The molecule has 0 saturated heterocycles. The highest BCUT2D eigenvalue weighted by Crippen LogP contribution is 2.40. The number of ether oxygens (including phenoxy) is 1. The minimum atomic E-state index is -0.0356. The monoisotopic (exact) mass is 244 g/mol. The number of phenols is 2. The van der Waals surface area contributed by atoms with Crippen LogP contribution in [0.5, 0.6) is 17.2 Å². The quantitative estimate of drug-likeness (QED) is 0.871. The molecule has 0 aliphatic rings. The van der Waals surface area contributed by atoms with Crippen LogP contribution in [0.2, 0.25) is 0 Å². The summed E-state index contributed by atoms with van der Waals surface area (Å²) in [4.78, 5) is 0. The Morgan fingerprint density at radius 2 is 1.72 bits per heavy atom. The van der Waals surface area contributed by atoms with E-state index in [-0.39, 0.29) is 17.2 Å². The highest BCUT2D eigenvalue weighted by molar-refractivity contribution is 5.56. The van der Waals surface area contributed by atoms with Gasteiger partial charge in [0.05, 0.1) is 0 Å². The van der Waals surface area contributed by atoms with Gasteiger partial charge in [0.15, 0.2) is 11.5 Å². The fourth-order valence-corrected chi connectivity index (χ4v) is 1.73. The van der Waals surface area contributed by atoms with Gasteiger partial charge in [-0.1, -0.05) is 30.3 Å². The smallest absolute Gasteiger partial charge is 0.203 e. The normalized spacial score (nSPS) is 10.3. The van der Waals surface area contributed by atoms with E-state index in [0.717, 1.165) is 16.7 Å². The molecule has 18 heavy (non-hydrogen) atoms. The van der Waals surface area contributed by atoms with Gasteiger partial charge >= 0.3 is 0 Å². The van der Waals surface area contributed by atoms with Crippen LogP contribution in [0.4, 0.5) is 0 Å². The molecule has 0 radical (unpaired) electrons. The number of phenolic OH excluding ortho intramolecular Hbond substituents is 2. The van der Waals surface area contributed by atoms with Crippen molar-refractivity contribution in [3.05, 3.63) is 53.1 Å². The van der Waals surface area contributed by atoms with Crippen LogP contribution in [0, 0.1) is 13.8 Å². The van der Waals surface area contributed by atoms with Gasteiger partial charge in [-0.15, -0.1) is 0 Å². The summed E-state index contributed by atoms with van der Waals surface area (Å²) in [5, 5.41) is 19.7. The molecule has 0 amide bonds. The van der Waals surface area contributed by atoms with Crippen LogP contribution < -0.4 is 4.74 Å². The highest BCUT2D eigenvalue weighted by Gasteiger charge is 2.14. The predicted octanol–water partition coefficient (Wildman–Crippen LogP) is 3.29. The third-order valence-corrected chi connectivity index (χ3v) is 2.97. The van der Waals surface area contributed by atoms with Crippen molar-refractivity contribution in [1.82, 2.24) is 0 Å². The zero-order chi connectivity index (χ0) is 13.1. The van der Waals surface area contributed by atoms with Crippen LogP contribution >= 0.6 is 0 Å². The lowest BCUT2D eigenvalue weighted by atomic mass is 10.1. The van der Waals surface area contributed by atoms with E-state index in [0.29, 0.717) is 6.61 Å². The summed E-state index contributed by atoms with van der Waals surface area (Å²) in [5.41, 5.74) is 2.53. The van der Waals surface area contributed by atoms with Crippen molar-refractivity contribution >= 4 is 0 Å². The second-order valence-electron chi connectivity index (χ2n) is 4.29. The average molecular weight is 244 g/mol. The fraction of sp³-hybridized carbons (Fsp3) is 0.200. The molecule has 2 aromatic carbocycles. The standard InChI is InChI=1S/C15H16O3/c1-10-8-13(16)15(14(17)11(10)2)18-9-12-6-4-3-5-7-12/h3-8,16-17H,9H2,1-2H3. The largest absolute Gasteiger partial charge is 0.504 e. The summed E-state index contributed by atoms with van der Waals surface area (Å²) in [6.45, 7) is 3.93. The fourth-order valence-electron chi connectivity index (χ4n) is 1.73. The topological polar surface area (TPSA) is 49.7 Å². The van der Waals surface area contributed by atoms with Crippen molar-refractivity contribution in [2.75, 3.05) is 0 Å². The molecule has 0 saturated carbocycles. The Hall–Kier alpha value is -2.16. The van der Waals surface area contributed by atoms with Crippen LogP contribution in [0.25, 0.3) is 0 Å². The second kappa shape index (κ2) is 5.00. The van der Waals surface area contributed by atoms with Gasteiger partial charge in [-0.3, -0.25) is 0 Å². The van der Waals surface area contributed by atoms with Crippen LogP contribution in [0.3, 0.4) is 0 Å². The molecule has 2 rings (SSSR count).